The molecule has 1 saturated carbocycles. The first-order chi connectivity index (χ1) is 10.9. The number of nitrogens with zero attached hydrogens (tertiary/aromatic N) is 1. The van der Waals surface area contributed by atoms with Crippen LogP contribution in [0.5, 0.6) is 0 Å². The van der Waals surface area contributed by atoms with Crippen molar-refractivity contribution in [1.82, 2.24) is 0 Å². The van der Waals surface area contributed by atoms with E-state index in [1.807, 2.05) is 6.08 Å². The van der Waals surface area contributed by atoms with Crippen LogP contribution in [0.25, 0.3) is 0 Å². The van der Waals surface area contributed by atoms with Crippen LogP contribution in [0.3, 0.4) is 0 Å². The lowest BCUT2D eigenvalue weighted by Crippen LogP contribution is -2.62. The zero-order valence-corrected chi connectivity index (χ0v) is 14.0. The SMILES string of the molecule is COC1(OC)C(=O)C2C=C(C3OCC(C)(C)CO3)C1CC2C#N. The first-order valence-corrected chi connectivity index (χ1v) is 7.87. The van der Waals surface area contributed by atoms with Crippen molar-refractivity contribution >= 4 is 5.78 Å². The van der Waals surface area contributed by atoms with Crippen molar-refractivity contribution in [3.05, 3.63) is 11.6 Å². The monoisotopic (exact) mass is 321 g/mol. The molecule has 1 saturated heterocycles. The van der Waals surface area contributed by atoms with Crippen LogP contribution in [0.15, 0.2) is 11.6 Å². The smallest absolute Gasteiger partial charge is 0.236 e. The van der Waals surface area contributed by atoms with Crippen LogP contribution < -0.4 is 0 Å². The minimum Gasteiger partial charge on any atom is -0.348 e. The van der Waals surface area contributed by atoms with Crippen molar-refractivity contribution in [2.75, 3.05) is 27.4 Å². The third kappa shape index (κ3) is 2.43. The molecule has 1 heterocycles. The van der Waals surface area contributed by atoms with Crippen molar-refractivity contribution in [3.63, 3.8) is 0 Å². The number of ether oxygens (including phenoxy) is 4. The molecular formula is C17H23NO5. The first kappa shape index (κ1) is 16.6. The van der Waals surface area contributed by atoms with Gasteiger partial charge in [-0.05, 0) is 12.0 Å². The van der Waals surface area contributed by atoms with E-state index in [0.29, 0.717) is 19.6 Å². The Kier molecular flexibility index (Phi) is 4.09. The van der Waals surface area contributed by atoms with Crippen LogP contribution in [-0.4, -0.2) is 45.3 Å². The molecule has 0 spiro atoms. The van der Waals surface area contributed by atoms with E-state index in [2.05, 4.69) is 19.9 Å². The largest absolute Gasteiger partial charge is 0.348 e. The van der Waals surface area contributed by atoms with Gasteiger partial charge in [0.2, 0.25) is 11.6 Å². The maximum Gasteiger partial charge on any atom is 0.236 e. The molecule has 2 fully saturated rings. The Morgan fingerprint density at radius 1 is 1.26 bits per heavy atom. The number of fused-ring (bicyclic) bond motifs is 2. The number of allylic oxidation sites excluding steroid dienone is 1. The lowest BCUT2D eigenvalue weighted by Gasteiger charge is -2.51. The summed E-state index contributed by atoms with van der Waals surface area (Å²) in [5.41, 5.74) is 0.829. The van der Waals surface area contributed by atoms with Crippen molar-refractivity contribution in [3.8, 4) is 6.07 Å². The Hall–Kier alpha value is -1.26. The molecule has 23 heavy (non-hydrogen) atoms. The van der Waals surface area contributed by atoms with Gasteiger partial charge in [0.05, 0.1) is 31.1 Å². The minimum atomic E-state index is -1.35. The molecule has 0 N–H and O–H groups in total. The Bertz CT molecular complexity index is 562. The summed E-state index contributed by atoms with van der Waals surface area (Å²) in [4.78, 5) is 12.7. The van der Waals surface area contributed by atoms with Gasteiger partial charge in [0.1, 0.15) is 0 Å². The second-order valence-corrected chi connectivity index (χ2v) is 7.27. The molecule has 1 aliphatic heterocycles. The summed E-state index contributed by atoms with van der Waals surface area (Å²) in [6.45, 7) is 5.31. The second-order valence-electron chi connectivity index (χ2n) is 7.27. The highest BCUT2D eigenvalue weighted by atomic mass is 16.7. The second kappa shape index (κ2) is 5.67. The van der Waals surface area contributed by atoms with E-state index in [9.17, 15) is 10.1 Å². The standard InChI is InChI=1S/C17H23NO5/c1-16(2)8-22-15(23-9-16)12-6-11-10(7-18)5-13(12)17(20-3,21-4)14(11)19/h6,10-11,13,15H,5,8-9H2,1-4H3. The molecule has 3 aliphatic carbocycles. The molecule has 4 aliphatic rings. The summed E-state index contributed by atoms with van der Waals surface area (Å²) in [5, 5.41) is 9.34. The molecule has 2 bridgehead atoms. The minimum absolute atomic E-state index is 0.0324. The summed E-state index contributed by atoms with van der Waals surface area (Å²) in [5.74, 6) is -2.80. The fraction of sp³-hybridized carbons (Fsp3) is 0.765. The molecule has 4 rings (SSSR count). The summed E-state index contributed by atoms with van der Waals surface area (Å²) in [7, 11) is 2.93. The molecule has 0 aromatic carbocycles. The van der Waals surface area contributed by atoms with Crippen LogP contribution >= 0.6 is 0 Å². The summed E-state index contributed by atoms with van der Waals surface area (Å²) >= 11 is 0. The van der Waals surface area contributed by atoms with E-state index in [1.54, 1.807) is 0 Å². The molecule has 6 nitrogen and oxygen atoms in total. The fourth-order valence-corrected chi connectivity index (χ4v) is 3.84. The molecule has 6 heteroatoms. The Morgan fingerprint density at radius 3 is 2.39 bits per heavy atom. The van der Waals surface area contributed by atoms with Gasteiger partial charge >= 0.3 is 0 Å². The Balaban J connectivity index is 1.94. The molecule has 0 aromatic heterocycles. The van der Waals surface area contributed by atoms with E-state index < -0.39 is 18.0 Å². The number of carbonyl (C=O) groups excluding carboxylic acids is 1. The zero-order valence-electron chi connectivity index (χ0n) is 14.0. The lowest BCUT2D eigenvalue weighted by molar-refractivity contribution is -0.255. The maximum absolute atomic E-state index is 12.7. The normalized spacial score (nSPS) is 35.7. The van der Waals surface area contributed by atoms with Crippen LogP contribution in [0.2, 0.25) is 0 Å². The molecule has 3 atom stereocenters. The molecule has 126 valence electrons. The number of hydrogen-bond donors (Lipinski definition) is 0. The molecule has 0 aromatic rings. The highest BCUT2D eigenvalue weighted by Gasteiger charge is 2.61. The molecule has 3 unspecified atom stereocenters. The number of carbonyl (C=O) groups is 1. The number of rotatable bonds is 3. The highest BCUT2D eigenvalue weighted by Crippen LogP contribution is 2.51. The van der Waals surface area contributed by atoms with Crippen LogP contribution in [-0.2, 0) is 23.7 Å². The fourth-order valence-electron chi connectivity index (χ4n) is 3.84. The maximum atomic E-state index is 12.7. The van der Waals surface area contributed by atoms with E-state index in [0.717, 1.165) is 5.57 Å². The van der Waals surface area contributed by atoms with E-state index in [4.69, 9.17) is 18.9 Å². The van der Waals surface area contributed by atoms with E-state index in [-0.39, 0.29) is 23.0 Å². The van der Waals surface area contributed by atoms with Crippen molar-refractivity contribution < 1.29 is 23.7 Å². The van der Waals surface area contributed by atoms with E-state index >= 15 is 0 Å². The van der Waals surface area contributed by atoms with Crippen LogP contribution in [0.1, 0.15) is 20.3 Å². The van der Waals surface area contributed by atoms with Crippen molar-refractivity contribution in [2.24, 2.45) is 23.2 Å². The van der Waals surface area contributed by atoms with Gasteiger partial charge in [-0.2, -0.15) is 5.26 Å². The lowest BCUT2D eigenvalue weighted by atomic mass is 9.61. The summed E-state index contributed by atoms with van der Waals surface area (Å²) in [6, 6.07) is 2.23. The quantitative estimate of drug-likeness (QED) is 0.581. The van der Waals surface area contributed by atoms with Gasteiger partial charge in [0.25, 0.3) is 0 Å². The van der Waals surface area contributed by atoms with Crippen molar-refractivity contribution in [2.45, 2.75) is 32.3 Å². The van der Waals surface area contributed by atoms with Crippen LogP contribution in [0.4, 0.5) is 0 Å². The third-order valence-electron chi connectivity index (χ3n) is 5.10. The summed E-state index contributed by atoms with van der Waals surface area (Å²) < 4.78 is 22.7. The van der Waals surface area contributed by atoms with Crippen molar-refractivity contribution in [1.29, 1.82) is 5.26 Å². The van der Waals surface area contributed by atoms with Gasteiger partial charge in [-0.25, -0.2) is 0 Å². The highest BCUT2D eigenvalue weighted by molar-refractivity contribution is 5.93. The van der Waals surface area contributed by atoms with Gasteiger partial charge in [0.15, 0.2) is 6.29 Å². The Labute approximate surface area is 136 Å². The summed E-state index contributed by atoms with van der Waals surface area (Å²) in [6.07, 6.45) is 1.84. The zero-order chi connectivity index (χ0) is 16.8. The number of ketones is 1. The number of hydrogen-bond acceptors (Lipinski definition) is 6. The van der Waals surface area contributed by atoms with Gasteiger partial charge < -0.3 is 18.9 Å². The predicted molar refractivity (Wildman–Crippen MR) is 80.0 cm³/mol. The average molecular weight is 321 g/mol. The topological polar surface area (TPSA) is 77.8 Å². The van der Waals surface area contributed by atoms with Crippen LogP contribution in [0, 0.1) is 34.5 Å². The number of nitriles is 1. The predicted octanol–water partition coefficient (Wildman–Crippen LogP) is 1.66. The molecule has 0 amide bonds. The van der Waals surface area contributed by atoms with Gasteiger partial charge in [-0.1, -0.05) is 19.9 Å². The number of methoxy groups -OCH3 is 2. The van der Waals surface area contributed by atoms with Gasteiger partial charge in [0, 0.05) is 25.6 Å². The van der Waals surface area contributed by atoms with Gasteiger partial charge in [-0.15, -0.1) is 0 Å². The third-order valence-corrected chi connectivity index (χ3v) is 5.10. The van der Waals surface area contributed by atoms with Gasteiger partial charge in [-0.3, -0.25) is 4.79 Å². The number of Topliss-reactive ketones (excluding diaryl/α,β-unsaturated/α-hetero) is 1. The first-order valence-electron chi connectivity index (χ1n) is 7.87. The molecule has 0 radical (unpaired) electrons. The molecular weight excluding hydrogens is 298 g/mol. The Morgan fingerprint density at radius 2 is 1.87 bits per heavy atom. The average Bonchev–Trinajstić information content (AvgIpc) is 2.55. The van der Waals surface area contributed by atoms with E-state index in [1.165, 1.54) is 14.2 Å².